The van der Waals surface area contributed by atoms with Gasteiger partial charge in [-0.3, -0.25) is 4.79 Å². The molecule has 1 saturated heterocycles. The van der Waals surface area contributed by atoms with E-state index in [1.165, 1.54) is 10.4 Å². The number of nitrogens with one attached hydrogen (secondary N) is 1. The molecule has 0 aromatic heterocycles. The molecule has 1 heterocycles. The molecular weight excluding hydrogens is 402 g/mol. The van der Waals surface area contributed by atoms with Crippen LogP contribution in [0.15, 0.2) is 47.4 Å². The lowest BCUT2D eigenvalue weighted by atomic mass is 10.2. The van der Waals surface area contributed by atoms with Gasteiger partial charge in [-0.2, -0.15) is 9.57 Å². The Morgan fingerprint density at radius 1 is 1.17 bits per heavy atom. The van der Waals surface area contributed by atoms with Crippen molar-refractivity contribution in [3.05, 3.63) is 53.6 Å². The standard InChI is InChI=1S/C22H25N3O4S/c1-16-10-11-19(30(27,28)25-12-6-3-7-13-25)14-20(16)24-22(26)17(2)29-21-9-5-4-8-18(21)15-23/h4-5,8-11,14,17H,3,6-7,12-13H2,1-2H3,(H,24,26). The van der Waals surface area contributed by atoms with Crippen LogP contribution in [0.3, 0.4) is 0 Å². The quantitative estimate of drug-likeness (QED) is 0.761. The highest BCUT2D eigenvalue weighted by Gasteiger charge is 2.27. The normalized spacial score (nSPS) is 15.8. The maximum Gasteiger partial charge on any atom is 0.265 e. The Hall–Kier alpha value is -2.89. The van der Waals surface area contributed by atoms with Crippen molar-refractivity contribution in [1.29, 1.82) is 5.26 Å². The van der Waals surface area contributed by atoms with Crippen LogP contribution in [0.25, 0.3) is 0 Å². The summed E-state index contributed by atoms with van der Waals surface area (Å²) in [6.07, 6.45) is 1.87. The molecule has 2 aromatic rings. The average molecular weight is 428 g/mol. The SMILES string of the molecule is Cc1ccc(S(=O)(=O)N2CCCCC2)cc1NC(=O)C(C)Oc1ccccc1C#N. The largest absolute Gasteiger partial charge is 0.480 e. The first-order valence-corrected chi connectivity index (χ1v) is 11.3. The van der Waals surface area contributed by atoms with E-state index < -0.39 is 22.0 Å². The van der Waals surface area contributed by atoms with Crippen molar-refractivity contribution >= 4 is 21.6 Å². The van der Waals surface area contributed by atoms with Gasteiger partial charge in [0.1, 0.15) is 11.8 Å². The van der Waals surface area contributed by atoms with E-state index in [0.717, 1.165) is 24.8 Å². The number of amides is 1. The summed E-state index contributed by atoms with van der Waals surface area (Å²) >= 11 is 0. The minimum atomic E-state index is -3.60. The van der Waals surface area contributed by atoms with Gasteiger partial charge in [0.2, 0.25) is 10.0 Å². The number of piperidine rings is 1. The molecule has 30 heavy (non-hydrogen) atoms. The summed E-state index contributed by atoms with van der Waals surface area (Å²) in [7, 11) is -3.60. The van der Waals surface area contributed by atoms with Gasteiger partial charge in [-0.15, -0.1) is 0 Å². The predicted octanol–water partition coefficient (Wildman–Crippen LogP) is 3.45. The number of carbonyl (C=O) groups is 1. The number of sulfonamides is 1. The third-order valence-corrected chi connectivity index (χ3v) is 6.99. The zero-order valence-corrected chi connectivity index (χ0v) is 17.9. The Labute approximate surface area is 177 Å². The van der Waals surface area contributed by atoms with Crippen LogP contribution in [0.2, 0.25) is 0 Å². The molecule has 1 atom stereocenters. The van der Waals surface area contributed by atoms with E-state index in [1.54, 1.807) is 50.2 Å². The molecule has 1 fully saturated rings. The molecule has 8 heteroatoms. The molecule has 1 aliphatic rings. The number of carbonyl (C=O) groups excluding carboxylic acids is 1. The third-order valence-electron chi connectivity index (χ3n) is 5.10. The molecule has 0 saturated carbocycles. The predicted molar refractivity (Wildman–Crippen MR) is 114 cm³/mol. The van der Waals surface area contributed by atoms with Gasteiger partial charge in [0.15, 0.2) is 6.10 Å². The van der Waals surface area contributed by atoms with E-state index >= 15 is 0 Å². The molecule has 3 rings (SSSR count). The highest BCUT2D eigenvalue weighted by Crippen LogP contribution is 2.26. The first kappa shape index (κ1) is 21.8. The lowest BCUT2D eigenvalue weighted by molar-refractivity contribution is -0.122. The van der Waals surface area contributed by atoms with Gasteiger partial charge in [0.05, 0.1) is 10.5 Å². The van der Waals surface area contributed by atoms with Crippen LogP contribution >= 0.6 is 0 Å². The van der Waals surface area contributed by atoms with E-state index in [0.29, 0.717) is 30.1 Å². The monoisotopic (exact) mass is 427 g/mol. The van der Waals surface area contributed by atoms with Crippen molar-refractivity contribution in [1.82, 2.24) is 4.31 Å². The Morgan fingerprint density at radius 2 is 1.87 bits per heavy atom. The lowest BCUT2D eigenvalue weighted by Gasteiger charge is -2.26. The summed E-state index contributed by atoms with van der Waals surface area (Å²) in [4.78, 5) is 12.8. The third kappa shape index (κ3) is 4.81. The first-order chi connectivity index (χ1) is 14.3. The summed E-state index contributed by atoms with van der Waals surface area (Å²) in [5.41, 5.74) is 1.50. The summed E-state index contributed by atoms with van der Waals surface area (Å²) in [6, 6.07) is 13.4. The van der Waals surface area contributed by atoms with Crippen LogP contribution in [0.1, 0.15) is 37.3 Å². The molecule has 0 radical (unpaired) electrons. The number of nitrogens with zero attached hydrogens (tertiary/aromatic N) is 2. The van der Waals surface area contributed by atoms with Gasteiger partial charge in [-0.05, 0) is 56.5 Å². The van der Waals surface area contributed by atoms with Gasteiger partial charge in [-0.1, -0.05) is 24.6 Å². The van der Waals surface area contributed by atoms with Gasteiger partial charge < -0.3 is 10.1 Å². The van der Waals surface area contributed by atoms with Gasteiger partial charge >= 0.3 is 0 Å². The fourth-order valence-corrected chi connectivity index (χ4v) is 4.83. The minimum Gasteiger partial charge on any atom is -0.480 e. The minimum absolute atomic E-state index is 0.161. The smallest absolute Gasteiger partial charge is 0.265 e. The van der Waals surface area contributed by atoms with E-state index in [2.05, 4.69) is 5.32 Å². The lowest BCUT2D eigenvalue weighted by Crippen LogP contribution is -2.35. The fraction of sp³-hybridized carbons (Fsp3) is 0.364. The van der Waals surface area contributed by atoms with Crippen LogP contribution in [-0.2, 0) is 14.8 Å². The summed E-state index contributed by atoms with van der Waals surface area (Å²) < 4.78 is 33.0. The topological polar surface area (TPSA) is 99.5 Å². The first-order valence-electron chi connectivity index (χ1n) is 9.90. The van der Waals surface area contributed by atoms with E-state index in [-0.39, 0.29) is 4.90 Å². The Morgan fingerprint density at radius 3 is 2.57 bits per heavy atom. The van der Waals surface area contributed by atoms with Gasteiger partial charge in [-0.25, -0.2) is 8.42 Å². The van der Waals surface area contributed by atoms with Gasteiger partial charge in [0, 0.05) is 18.8 Å². The second kappa shape index (κ2) is 9.28. The summed E-state index contributed by atoms with van der Waals surface area (Å²) in [5, 5.41) is 11.9. The van der Waals surface area contributed by atoms with Crippen molar-refractivity contribution in [3.63, 3.8) is 0 Å². The van der Waals surface area contributed by atoms with Crippen LogP contribution in [0.4, 0.5) is 5.69 Å². The molecule has 1 amide bonds. The second-order valence-corrected chi connectivity index (χ2v) is 9.24. The molecule has 0 bridgehead atoms. The maximum absolute atomic E-state index is 12.9. The zero-order chi connectivity index (χ0) is 21.7. The molecule has 158 valence electrons. The number of ether oxygens (including phenoxy) is 1. The molecule has 1 aliphatic heterocycles. The zero-order valence-electron chi connectivity index (χ0n) is 17.1. The van der Waals surface area contributed by atoms with Crippen molar-refractivity contribution in [2.45, 2.75) is 44.1 Å². The average Bonchev–Trinajstić information content (AvgIpc) is 2.76. The van der Waals surface area contributed by atoms with Crippen molar-refractivity contribution < 1.29 is 17.9 Å². The number of anilines is 1. The van der Waals surface area contributed by atoms with E-state index in [4.69, 9.17) is 10.00 Å². The number of para-hydroxylation sites is 1. The summed E-state index contributed by atoms with van der Waals surface area (Å²) in [5.74, 6) is -0.112. The fourth-order valence-electron chi connectivity index (χ4n) is 3.29. The Bertz CT molecular complexity index is 1070. The molecule has 1 N–H and O–H groups in total. The van der Waals surface area contributed by atoms with Crippen molar-refractivity contribution in [3.8, 4) is 11.8 Å². The highest BCUT2D eigenvalue weighted by molar-refractivity contribution is 7.89. The van der Waals surface area contributed by atoms with Crippen molar-refractivity contribution in [2.75, 3.05) is 18.4 Å². The van der Waals surface area contributed by atoms with E-state index in [9.17, 15) is 13.2 Å². The molecule has 7 nitrogen and oxygen atoms in total. The van der Waals surface area contributed by atoms with Gasteiger partial charge in [0.25, 0.3) is 5.91 Å². The Kier molecular flexibility index (Phi) is 6.75. The Balaban J connectivity index is 1.76. The number of hydrogen-bond donors (Lipinski definition) is 1. The highest BCUT2D eigenvalue weighted by atomic mass is 32.2. The van der Waals surface area contributed by atoms with Crippen LogP contribution < -0.4 is 10.1 Å². The van der Waals surface area contributed by atoms with E-state index in [1.807, 2.05) is 6.07 Å². The number of aryl methyl sites for hydroxylation is 1. The number of rotatable bonds is 6. The van der Waals surface area contributed by atoms with Crippen LogP contribution in [0, 0.1) is 18.3 Å². The number of nitriles is 1. The molecule has 1 unspecified atom stereocenters. The maximum atomic E-state index is 12.9. The summed E-state index contributed by atoms with van der Waals surface area (Å²) in [6.45, 7) is 4.40. The van der Waals surface area contributed by atoms with Crippen molar-refractivity contribution in [2.24, 2.45) is 0 Å². The molecule has 0 aliphatic carbocycles. The number of benzene rings is 2. The second-order valence-electron chi connectivity index (χ2n) is 7.30. The van der Waals surface area contributed by atoms with Crippen LogP contribution in [-0.4, -0.2) is 37.8 Å². The van der Waals surface area contributed by atoms with Crippen LogP contribution in [0.5, 0.6) is 5.75 Å². The molecular formula is C22H25N3O4S. The molecule has 2 aromatic carbocycles. The molecule has 0 spiro atoms. The number of hydrogen-bond acceptors (Lipinski definition) is 5.